The molecule has 0 aromatic rings. The monoisotopic (exact) mass is 234 g/mol. The standard InChI is InChI=1S/C14H22N2O/c1-8-11-3-4-13(9(2)17)16-14(11)5-10-6-15-7-12(8)10/h8,10-13,15H,3-7H2,1-2H3/t8?,10-,11?,12+,13?/m1/s1. The van der Waals surface area contributed by atoms with Crippen LogP contribution >= 0.6 is 0 Å². The van der Waals surface area contributed by atoms with Crippen LogP contribution in [0.4, 0.5) is 0 Å². The van der Waals surface area contributed by atoms with E-state index < -0.39 is 0 Å². The molecule has 1 saturated carbocycles. The van der Waals surface area contributed by atoms with Crippen molar-refractivity contribution in [3.8, 4) is 0 Å². The molecule has 1 aliphatic carbocycles. The highest BCUT2D eigenvalue weighted by molar-refractivity contribution is 5.93. The average molecular weight is 234 g/mol. The molecule has 3 aliphatic rings. The molecule has 3 rings (SSSR count). The van der Waals surface area contributed by atoms with Gasteiger partial charge in [0.05, 0.1) is 0 Å². The first kappa shape index (κ1) is 11.4. The number of nitrogens with one attached hydrogen (secondary N) is 1. The van der Waals surface area contributed by atoms with Crippen LogP contribution in [0.25, 0.3) is 0 Å². The van der Waals surface area contributed by atoms with Crippen molar-refractivity contribution >= 4 is 11.5 Å². The SMILES string of the molecule is CC(=O)C1CCC2C(=N1)C[C@@H]1CNC[C@H]1C2C. The van der Waals surface area contributed by atoms with E-state index in [-0.39, 0.29) is 11.8 Å². The van der Waals surface area contributed by atoms with Gasteiger partial charge in [-0.3, -0.25) is 9.79 Å². The molecule has 0 spiro atoms. The molecule has 0 radical (unpaired) electrons. The third-order valence-electron chi connectivity index (χ3n) is 5.14. The summed E-state index contributed by atoms with van der Waals surface area (Å²) in [5, 5.41) is 3.52. The maximum Gasteiger partial charge on any atom is 0.154 e. The molecule has 3 unspecified atom stereocenters. The van der Waals surface area contributed by atoms with Crippen LogP contribution in [0.5, 0.6) is 0 Å². The predicted molar refractivity (Wildman–Crippen MR) is 68.3 cm³/mol. The van der Waals surface area contributed by atoms with Gasteiger partial charge in [-0.25, -0.2) is 0 Å². The lowest BCUT2D eigenvalue weighted by molar-refractivity contribution is -0.118. The summed E-state index contributed by atoms with van der Waals surface area (Å²) < 4.78 is 0. The van der Waals surface area contributed by atoms with Crippen molar-refractivity contribution in [2.75, 3.05) is 13.1 Å². The van der Waals surface area contributed by atoms with E-state index in [1.807, 2.05) is 0 Å². The first-order valence-corrected chi connectivity index (χ1v) is 6.94. The summed E-state index contributed by atoms with van der Waals surface area (Å²) in [6.45, 7) is 6.40. The van der Waals surface area contributed by atoms with Gasteiger partial charge in [0.15, 0.2) is 5.78 Å². The molecule has 0 bridgehead atoms. The van der Waals surface area contributed by atoms with E-state index in [1.54, 1.807) is 6.92 Å². The van der Waals surface area contributed by atoms with Crippen molar-refractivity contribution in [1.29, 1.82) is 0 Å². The van der Waals surface area contributed by atoms with Crippen LogP contribution in [0.1, 0.15) is 33.1 Å². The van der Waals surface area contributed by atoms with Gasteiger partial charge in [-0.15, -0.1) is 0 Å². The average Bonchev–Trinajstić information content (AvgIpc) is 2.77. The van der Waals surface area contributed by atoms with E-state index in [1.165, 1.54) is 18.7 Å². The van der Waals surface area contributed by atoms with Crippen molar-refractivity contribution in [2.24, 2.45) is 28.7 Å². The van der Waals surface area contributed by atoms with Gasteiger partial charge >= 0.3 is 0 Å². The second-order valence-corrected chi connectivity index (χ2v) is 6.08. The lowest BCUT2D eigenvalue weighted by Crippen LogP contribution is -2.42. The van der Waals surface area contributed by atoms with Crippen LogP contribution in [0.3, 0.4) is 0 Å². The Morgan fingerprint density at radius 2 is 2.18 bits per heavy atom. The van der Waals surface area contributed by atoms with Gasteiger partial charge in [-0.1, -0.05) is 6.92 Å². The summed E-state index contributed by atoms with van der Waals surface area (Å²) in [7, 11) is 0. The Morgan fingerprint density at radius 3 is 2.94 bits per heavy atom. The molecule has 3 nitrogen and oxygen atoms in total. The molecular weight excluding hydrogens is 212 g/mol. The topological polar surface area (TPSA) is 41.5 Å². The number of hydrogen-bond acceptors (Lipinski definition) is 3. The van der Waals surface area contributed by atoms with Crippen LogP contribution in [-0.4, -0.2) is 30.6 Å². The van der Waals surface area contributed by atoms with Crippen molar-refractivity contribution < 1.29 is 4.79 Å². The minimum atomic E-state index is -0.0284. The highest BCUT2D eigenvalue weighted by Gasteiger charge is 2.44. The van der Waals surface area contributed by atoms with Crippen LogP contribution in [0.15, 0.2) is 4.99 Å². The highest BCUT2D eigenvalue weighted by atomic mass is 16.1. The van der Waals surface area contributed by atoms with Gasteiger partial charge in [-0.05, 0) is 62.9 Å². The molecule has 5 atom stereocenters. The van der Waals surface area contributed by atoms with Crippen LogP contribution in [0.2, 0.25) is 0 Å². The largest absolute Gasteiger partial charge is 0.316 e. The molecule has 0 aromatic carbocycles. The minimum absolute atomic E-state index is 0.0284. The molecular formula is C14H22N2O. The molecule has 3 heteroatoms. The molecule has 1 N–H and O–H groups in total. The summed E-state index contributed by atoms with van der Waals surface area (Å²) in [5.74, 6) is 3.26. The quantitative estimate of drug-likeness (QED) is 0.750. The Kier molecular flexibility index (Phi) is 2.81. The van der Waals surface area contributed by atoms with Crippen molar-refractivity contribution in [3.63, 3.8) is 0 Å². The molecule has 1 saturated heterocycles. The Labute approximate surface area is 103 Å². The fourth-order valence-corrected chi connectivity index (χ4v) is 4.09. The number of carbonyl (C=O) groups is 1. The first-order valence-electron chi connectivity index (χ1n) is 6.94. The minimum Gasteiger partial charge on any atom is -0.316 e. The Morgan fingerprint density at radius 1 is 1.35 bits per heavy atom. The molecule has 0 amide bonds. The zero-order chi connectivity index (χ0) is 12.0. The van der Waals surface area contributed by atoms with Gasteiger partial charge < -0.3 is 5.32 Å². The fourth-order valence-electron chi connectivity index (χ4n) is 4.09. The van der Waals surface area contributed by atoms with Gasteiger partial charge in [0, 0.05) is 5.71 Å². The third-order valence-corrected chi connectivity index (χ3v) is 5.14. The zero-order valence-electron chi connectivity index (χ0n) is 10.8. The molecule has 2 fully saturated rings. The van der Waals surface area contributed by atoms with Gasteiger partial charge in [-0.2, -0.15) is 0 Å². The normalized spacial score (nSPS) is 44.8. The molecule has 17 heavy (non-hydrogen) atoms. The number of nitrogens with zero attached hydrogens (tertiary/aromatic N) is 1. The zero-order valence-corrected chi connectivity index (χ0v) is 10.8. The Hall–Kier alpha value is -0.700. The van der Waals surface area contributed by atoms with Crippen LogP contribution in [0, 0.1) is 23.7 Å². The Bertz CT molecular complexity index is 363. The highest BCUT2D eigenvalue weighted by Crippen LogP contribution is 2.43. The summed E-state index contributed by atoms with van der Waals surface area (Å²) in [6.07, 6.45) is 3.28. The number of aliphatic imine (C=N–C) groups is 1. The first-order chi connectivity index (χ1) is 8.16. The third kappa shape index (κ3) is 1.85. The number of ketones is 1. The number of Topliss-reactive ketones (excluding diaryl/α,β-unsaturated/α-hetero) is 1. The molecule has 2 aliphatic heterocycles. The van der Waals surface area contributed by atoms with E-state index in [2.05, 4.69) is 12.2 Å². The second-order valence-electron chi connectivity index (χ2n) is 6.08. The maximum absolute atomic E-state index is 11.5. The predicted octanol–water partition coefficient (Wildman–Crippen LogP) is 1.67. The van der Waals surface area contributed by atoms with E-state index in [9.17, 15) is 4.79 Å². The number of carbonyl (C=O) groups excluding carboxylic acids is 1. The fraction of sp³-hybridized carbons (Fsp3) is 0.857. The molecule has 94 valence electrons. The van der Waals surface area contributed by atoms with Gasteiger partial charge in [0.25, 0.3) is 0 Å². The van der Waals surface area contributed by atoms with Gasteiger partial charge in [0.1, 0.15) is 6.04 Å². The lowest BCUT2D eigenvalue weighted by Gasteiger charge is -2.41. The van der Waals surface area contributed by atoms with E-state index in [4.69, 9.17) is 4.99 Å². The van der Waals surface area contributed by atoms with Crippen molar-refractivity contribution in [2.45, 2.75) is 39.2 Å². The Balaban J connectivity index is 1.85. The second kappa shape index (κ2) is 4.20. The molecule has 2 heterocycles. The maximum atomic E-state index is 11.5. The summed E-state index contributed by atoms with van der Waals surface area (Å²) >= 11 is 0. The van der Waals surface area contributed by atoms with E-state index >= 15 is 0 Å². The smallest absolute Gasteiger partial charge is 0.154 e. The summed E-state index contributed by atoms with van der Waals surface area (Å²) in [4.78, 5) is 16.2. The van der Waals surface area contributed by atoms with E-state index in [0.29, 0.717) is 5.92 Å². The number of hydrogen-bond donors (Lipinski definition) is 1. The van der Waals surface area contributed by atoms with Crippen molar-refractivity contribution in [3.05, 3.63) is 0 Å². The van der Waals surface area contributed by atoms with E-state index in [0.717, 1.165) is 37.1 Å². The molecule has 0 aromatic heterocycles. The van der Waals surface area contributed by atoms with Gasteiger partial charge in [0.2, 0.25) is 0 Å². The van der Waals surface area contributed by atoms with Crippen LogP contribution in [-0.2, 0) is 4.79 Å². The van der Waals surface area contributed by atoms with Crippen molar-refractivity contribution in [1.82, 2.24) is 5.32 Å². The number of rotatable bonds is 1. The summed E-state index contributed by atoms with van der Waals surface area (Å²) in [6, 6.07) is -0.0284. The van der Waals surface area contributed by atoms with Crippen LogP contribution < -0.4 is 5.32 Å². The summed E-state index contributed by atoms with van der Waals surface area (Å²) in [5.41, 5.74) is 1.36. The number of fused-ring (bicyclic) bond motifs is 2. The lowest BCUT2D eigenvalue weighted by atomic mass is 9.65.